The highest BCUT2D eigenvalue weighted by Gasteiger charge is 2.25. The molecule has 1 atom stereocenters. The standard InChI is InChI=1S/C18H19NO5/c1-10(2)16(18(22)23)19-17(21)15-9-8-14(24-15)13-6-4-12(5-7-13)11(3)20/h4-10,16H,1-3H3,(H,19,21)(H,22,23)/t16-/m1/s1. The van der Waals surface area contributed by atoms with E-state index in [0.717, 1.165) is 5.56 Å². The molecule has 0 aliphatic rings. The van der Waals surface area contributed by atoms with Crippen molar-refractivity contribution in [1.29, 1.82) is 0 Å². The van der Waals surface area contributed by atoms with E-state index in [9.17, 15) is 14.4 Å². The molecule has 1 aromatic carbocycles. The Morgan fingerprint density at radius 1 is 1.04 bits per heavy atom. The number of carboxylic acids is 1. The average Bonchev–Trinajstić information content (AvgIpc) is 3.01. The van der Waals surface area contributed by atoms with Gasteiger partial charge >= 0.3 is 5.97 Å². The molecule has 24 heavy (non-hydrogen) atoms. The number of amides is 1. The molecule has 6 heteroatoms. The maximum absolute atomic E-state index is 12.1. The van der Waals surface area contributed by atoms with Crippen molar-refractivity contribution in [3.8, 4) is 11.3 Å². The van der Waals surface area contributed by atoms with Crippen LogP contribution < -0.4 is 5.32 Å². The molecule has 0 radical (unpaired) electrons. The first kappa shape index (κ1) is 17.5. The lowest BCUT2D eigenvalue weighted by molar-refractivity contribution is -0.140. The number of carbonyl (C=O) groups excluding carboxylic acids is 2. The molecule has 0 bridgehead atoms. The van der Waals surface area contributed by atoms with Gasteiger partial charge in [-0.1, -0.05) is 38.1 Å². The van der Waals surface area contributed by atoms with Gasteiger partial charge < -0.3 is 14.8 Å². The van der Waals surface area contributed by atoms with Crippen molar-refractivity contribution >= 4 is 17.7 Å². The third-order valence-electron chi connectivity index (χ3n) is 3.63. The Labute approximate surface area is 139 Å². The lowest BCUT2D eigenvalue weighted by Crippen LogP contribution is -2.44. The van der Waals surface area contributed by atoms with Crippen LogP contribution in [0.5, 0.6) is 0 Å². The van der Waals surface area contributed by atoms with Crippen LogP contribution >= 0.6 is 0 Å². The molecule has 0 unspecified atom stereocenters. The molecule has 0 fully saturated rings. The first-order chi connectivity index (χ1) is 11.3. The van der Waals surface area contributed by atoms with Crippen molar-refractivity contribution in [2.24, 2.45) is 5.92 Å². The lowest BCUT2D eigenvalue weighted by Gasteiger charge is -2.16. The fourth-order valence-electron chi connectivity index (χ4n) is 2.21. The van der Waals surface area contributed by atoms with Gasteiger partial charge in [-0.2, -0.15) is 0 Å². The van der Waals surface area contributed by atoms with Crippen molar-refractivity contribution in [2.45, 2.75) is 26.8 Å². The van der Waals surface area contributed by atoms with E-state index in [4.69, 9.17) is 9.52 Å². The van der Waals surface area contributed by atoms with Gasteiger partial charge in [0.05, 0.1) is 0 Å². The average molecular weight is 329 g/mol. The molecule has 6 nitrogen and oxygen atoms in total. The molecule has 1 amide bonds. The predicted octanol–water partition coefficient (Wildman–Crippen LogP) is 2.99. The van der Waals surface area contributed by atoms with Crippen molar-refractivity contribution in [3.05, 3.63) is 47.7 Å². The van der Waals surface area contributed by atoms with E-state index in [-0.39, 0.29) is 17.5 Å². The zero-order chi connectivity index (χ0) is 17.9. The van der Waals surface area contributed by atoms with Crippen LogP contribution in [-0.4, -0.2) is 28.8 Å². The summed E-state index contributed by atoms with van der Waals surface area (Å²) in [5.41, 5.74) is 1.31. The third kappa shape index (κ3) is 3.90. The van der Waals surface area contributed by atoms with E-state index in [2.05, 4.69) is 5.32 Å². The fourth-order valence-corrected chi connectivity index (χ4v) is 2.21. The van der Waals surface area contributed by atoms with Crippen molar-refractivity contribution in [2.75, 3.05) is 0 Å². The summed E-state index contributed by atoms with van der Waals surface area (Å²) >= 11 is 0. The normalized spacial score (nSPS) is 12.0. The Bertz CT molecular complexity index is 758. The number of carboxylic acid groups (broad SMARTS) is 1. The maximum atomic E-state index is 12.1. The van der Waals surface area contributed by atoms with Gasteiger partial charge in [0.2, 0.25) is 0 Å². The molecular weight excluding hydrogens is 310 g/mol. The maximum Gasteiger partial charge on any atom is 0.326 e. The number of rotatable bonds is 6. The molecule has 0 saturated carbocycles. The molecule has 2 aromatic rings. The highest BCUT2D eigenvalue weighted by molar-refractivity contribution is 5.95. The third-order valence-corrected chi connectivity index (χ3v) is 3.63. The van der Waals surface area contributed by atoms with Crippen molar-refractivity contribution in [3.63, 3.8) is 0 Å². The molecule has 0 spiro atoms. The molecule has 0 aliphatic heterocycles. The van der Waals surface area contributed by atoms with E-state index < -0.39 is 17.9 Å². The summed E-state index contributed by atoms with van der Waals surface area (Å²) in [6, 6.07) is 8.95. The minimum Gasteiger partial charge on any atom is -0.480 e. The minimum atomic E-state index is -1.09. The van der Waals surface area contributed by atoms with Gasteiger partial charge in [0.15, 0.2) is 11.5 Å². The van der Waals surface area contributed by atoms with Crippen molar-refractivity contribution < 1.29 is 23.9 Å². The number of furan rings is 1. The van der Waals surface area contributed by atoms with E-state index in [1.807, 2.05) is 0 Å². The molecule has 0 saturated heterocycles. The molecule has 2 N–H and O–H groups in total. The Morgan fingerprint density at radius 3 is 2.17 bits per heavy atom. The Hall–Kier alpha value is -2.89. The topological polar surface area (TPSA) is 96.6 Å². The monoisotopic (exact) mass is 329 g/mol. The zero-order valence-corrected chi connectivity index (χ0v) is 13.7. The highest BCUT2D eigenvalue weighted by atomic mass is 16.4. The fraction of sp³-hybridized carbons (Fsp3) is 0.278. The number of aliphatic carboxylic acids is 1. The molecule has 126 valence electrons. The summed E-state index contributed by atoms with van der Waals surface area (Å²) in [4.78, 5) is 34.6. The van der Waals surface area contributed by atoms with Crippen LogP contribution in [-0.2, 0) is 4.79 Å². The van der Waals surface area contributed by atoms with E-state index in [0.29, 0.717) is 11.3 Å². The largest absolute Gasteiger partial charge is 0.480 e. The van der Waals surface area contributed by atoms with Gasteiger partial charge in [0, 0.05) is 11.1 Å². The van der Waals surface area contributed by atoms with Crippen molar-refractivity contribution in [1.82, 2.24) is 5.32 Å². The van der Waals surface area contributed by atoms with Gasteiger partial charge in [-0.3, -0.25) is 9.59 Å². The second kappa shape index (κ2) is 7.12. The van der Waals surface area contributed by atoms with E-state index >= 15 is 0 Å². The van der Waals surface area contributed by atoms with Crippen LogP contribution in [0.15, 0.2) is 40.8 Å². The number of ketones is 1. The van der Waals surface area contributed by atoms with Gasteiger partial charge in [0.25, 0.3) is 5.91 Å². The summed E-state index contributed by atoms with van der Waals surface area (Å²) < 4.78 is 5.50. The van der Waals surface area contributed by atoms with Gasteiger partial charge in [-0.15, -0.1) is 0 Å². The molecule has 1 aromatic heterocycles. The molecule has 2 rings (SSSR count). The smallest absolute Gasteiger partial charge is 0.326 e. The summed E-state index contributed by atoms with van der Waals surface area (Å²) in [6.07, 6.45) is 0. The molecule has 1 heterocycles. The van der Waals surface area contributed by atoms with Gasteiger partial charge in [-0.25, -0.2) is 4.79 Å². The first-order valence-electron chi connectivity index (χ1n) is 7.54. The number of hydrogen-bond acceptors (Lipinski definition) is 4. The first-order valence-corrected chi connectivity index (χ1v) is 7.54. The predicted molar refractivity (Wildman–Crippen MR) is 87.9 cm³/mol. The number of benzene rings is 1. The SMILES string of the molecule is CC(=O)c1ccc(-c2ccc(C(=O)N[C@@H](C(=O)O)C(C)C)o2)cc1. The van der Waals surface area contributed by atoms with Crippen LogP contribution in [0.2, 0.25) is 0 Å². The van der Waals surface area contributed by atoms with Crippen LogP contribution in [0.4, 0.5) is 0 Å². The number of hydrogen-bond donors (Lipinski definition) is 2. The zero-order valence-electron chi connectivity index (χ0n) is 13.7. The number of Topliss-reactive ketones (excluding diaryl/α,β-unsaturated/α-hetero) is 1. The van der Waals surface area contributed by atoms with E-state index in [1.54, 1.807) is 44.2 Å². The van der Waals surface area contributed by atoms with Gasteiger partial charge in [0.1, 0.15) is 11.8 Å². The van der Waals surface area contributed by atoms with Gasteiger partial charge in [-0.05, 0) is 25.0 Å². The second-order valence-corrected chi connectivity index (χ2v) is 5.83. The Balaban J connectivity index is 2.16. The number of carbonyl (C=O) groups is 3. The van der Waals surface area contributed by atoms with Crippen LogP contribution in [0, 0.1) is 5.92 Å². The molecular formula is C18H19NO5. The lowest BCUT2D eigenvalue weighted by atomic mass is 10.0. The Kier molecular flexibility index (Phi) is 5.18. The summed E-state index contributed by atoms with van der Waals surface area (Å²) in [5.74, 6) is -1.46. The molecule has 0 aliphatic carbocycles. The minimum absolute atomic E-state index is 0.0329. The van der Waals surface area contributed by atoms with Crippen LogP contribution in [0.1, 0.15) is 41.7 Å². The van der Waals surface area contributed by atoms with Crippen LogP contribution in [0.3, 0.4) is 0 Å². The highest BCUT2D eigenvalue weighted by Crippen LogP contribution is 2.23. The Morgan fingerprint density at radius 2 is 1.67 bits per heavy atom. The van der Waals surface area contributed by atoms with Crippen LogP contribution in [0.25, 0.3) is 11.3 Å². The van der Waals surface area contributed by atoms with E-state index in [1.165, 1.54) is 13.0 Å². The summed E-state index contributed by atoms with van der Waals surface area (Å²) in [7, 11) is 0. The summed E-state index contributed by atoms with van der Waals surface area (Å²) in [5, 5.41) is 11.6. The second-order valence-electron chi connectivity index (χ2n) is 5.83. The summed E-state index contributed by atoms with van der Waals surface area (Å²) in [6.45, 7) is 4.91. The quantitative estimate of drug-likeness (QED) is 0.794. The number of nitrogens with one attached hydrogen (secondary N) is 1.